The minimum atomic E-state index is 0. The zero-order valence-corrected chi connectivity index (χ0v) is 22.3. The van der Waals surface area contributed by atoms with Gasteiger partial charge in [0.25, 0.3) is 0 Å². The Morgan fingerprint density at radius 3 is 2.33 bits per heavy atom. The second-order valence-corrected chi connectivity index (χ2v) is 8.28. The Bertz CT molecular complexity index is 1230. The second-order valence-electron chi connectivity index (χ2n) is 8.28. The van der Waals surface area contributed by atoms with Crippen LogP contribution in [0, 0.1) is 5.92 Å². The molecule has 3 N–H and O–H groups in total. The lowest BCUT2D eigenvalue weighted by atomic mass is 9.99. The molecule has 3 aromatic rings. The molecule has 0 aliphatic heterocycles. The normalized spacial score (nSPS) is 17.4. The highest BCUT2D eigenvalue weighted by Crippen LogP contribution is 2.36. The van der Waals surface area contributed by atoms with Crippen LogP contribution in [0.1, 0.15) is 53.0 Å². The molecule has 1 unspecified atom stereocenters. The zero-order valence-electron chi connectivity index (χ0n) is 22.3. The predicted octanol–water partition coefficient (Wildman–Crippen LogP) is 8.42. The number of carbonyl (C=O) groups is 1. The molecular weight excluding hydrogens is 444 g/mol. The smallest absolute Gasteiger partial charge is 0.140 e. The van der Waals surface area contributed by atoms with Crippen LogP contribution in [-0.2, 0) is 16.1 Å². The van der Waals surface area contributed by atoms with Crippen molar-refractivity contribution < 1.29 is 9.53 Å². The number of benzene rings is 2. The first kappa shape index (κ1) is 28.9. The van der Waals surface area contributed by atoms with Gasteiger partial charge in [0, 0.05) is 10.9 Å². The number of aromatic nitrogens is 1. The number of nitrogens with zero attached hydrogens (tertiary/aromatic N) is 1. The fraction of sp³-hybridized carbons (Fsp3) is 0.312. The maximum absolute atomic E-state index is 11.4. The molecule has 0 fully saturated rings. The third-order valence-electron chi connectivity index (χ3n) is 5.98. The van der Waals surface area contributed by atoms with Gasteiger partial charge >= 0.3 is 0 Å². The van der Waals surface area contributed by atoms with Crippen LogP contribution >= 0.6 is 0 Å². The number of rotatable bonds is 7. The molecule has 1 heterocycles. The molecular formula is C32H40N2O2. The van der Waals surface area contributed by atoms with Gasteiger partial charge in [0.2, 0.25) is 0 Å². The van der Waals surface area contributed by atoms with Gasteiger partial charge in [-0.1, -0.05) is 106 Å². The molecule has 0 radical (unpaired) electrons. The Morgan fingerprint density at radius 1 is 1.00 bits per heavy atom. The van der Waals surface area contributed by atoms with E-state index in [9.17, 15) is 4.79 Å². The van der Waals surface area contributed by atoms with E-state index in [2.05, 4.69) is 54.6 Å². The van der Waals surface area contributed by atoms with Gasteiger partial charge in [-0.25, -0.2) is 4.98 Å². The summed E-state index contributed by atoms with van der Waals surface area (Å²) in [5.74, 6) is 0.332. The summed E-state index contributed by atoms with van der Waals surface area (Å²) in [7, 11) is 0. The van der Waals surface area contributed by atoms with Crippen molar-refractivity contribution in [2.75, 3.05) is 0 Å². The number of ketones is 1. The maximum Gasteiger partial charge on any atom is 0.140 e. The summed E-state index contributed by atoms with van der Waals surface area (Å²) < 4.78 is 6.27. The molecule has 2 atom stereocenters. The first-order valence-electron chi connectivity index (χ1n) is 12.8. The van der Waals surface area contributed by atoms with Gasteiger partial charge < -0.3 is 10.9 Å². The lowest BCUT2D eigenvalue weighted by Gasteiger charge is -2.18. The van der Waals surface area contributed by atoms with Gasteiger partial charge in [0.05, 0.1) is 29.8 Å². The standard InChI is InChI=1S/C28H25NO2.2C2H6.H3N/c1-19(30)26-16-22(26)15-20-11-13-24(14-12-20)31-18-23-17-28(21-7-3-2-4-8-21)29-27-10-6-5-9-25(23)27;2*1-2;/h2-13,16-17,24,26H,14-15,18H2,1H3;2*1-2H3;1H3/t24?,26-;;;/m1.../s1. The highest BCUT2D eigenvalue weighted by Gasteiger charge is 2.29. The van der Waals surface area contributed by atoms with E-state index in [-0.39, 0.29) is 24.0 Å². The molecule has 0 saturated heterocycles. The van der Waals surface area contributed by atoms with Crippen LogP contribution in [0.3, 0.4) is 0 Å². The zero-order chi connectivity index (χ0) is 25.2. The summed E-state index contributed by atoms with van der Waals surface area (Å²) in [6.45, 7) is 10.2. The molecule has 0 amide bonds. The lowest BCUT2D eigenvalue weighted by molar-refractivity contribution is -0.117. The molecule has 0 bridgehead atoms. The average Bonchev–Trinajstić information content (AvgIpc) is 3.70. The minimum absolute atomic E-state index is 0. The molecule has 4 heteroatoms. The quantitative estimate of drug-likeness (QED) is 0.341. The Labute approximate surface area is 216 Å². The van der Waals surface area contributed by atoms with E-state index in [0.29, 0.717) is 6.61 Å². The molecule has 2 aliphatic carbocycles. The highest BCUT2D eigenvalue weighted by molar-refractivity contribution is 5.88. The molecule has 2 aliphatic rings. The van der Waals surface area contributed by atoms with Crippen LogP contribution in [0.5, 0.6) is 0 Å². The monoisotopic (exact) mass is 484 g/mol. The third kappa shape index (κ3) is 7.33. The molecule has 4 nitrogen and oxygen atoms in total. The van der Waals surface area contributed by atoms with Crippen LogP contribution in [0.4, 0.5) is 0 Å². The number of carbonyl (C=O) groups excluding carboxylic acids is 1. The Hall–Kier alpha value is -3.34. The van der Waals surface area contributed by atoms with E-state index in [4.69, 9.17) is 9.72 Å². The van der Waals surface area contributed by atoms with Crippen molar-refractivity contribution in [3.8, 4) is 11.3 Å². The minimum Gasteiger partial charge on any atom is -0.369 e. The molecule has 1 aromatic heterocycles. The van der Waals surface area contributed by atoms with E-state index < -0.39 is 0 Å². The fourth-order valence-corrected chi connectivity index (χ4v) is 4.17. The second kappa shape index (κ2) is 14.3. The van der Waals surface area contributed by atoms with E-state index in [0.717, 1.165) is 40.6 Å². The summed E-state index contributed by atoms with van der Waals surface area (Å²) in [6.07, 6.45) is 10.4. The first-order chi connectivity index (χ1) is 17.2. The number of ether oxygens (including phenoxy) is 1. The largest absolute Gasteiger partial charge is 0.369 e. The van der Waals surface area contributed by atoms with E-state index in [1.54, 1.807) is 6.92 Å². The third-order valence-corrected chi connectivity index (χ3v) is 5.98. The van der Waals surface area contributed by atoms with E-state index in [1.165, 1.54) is 11.1 Å². The summed E-state index contributed by atoms with van der Waals surface area (Å²) >= 11 is 0. The molecule has 36 heavy (non-hydrogen) atoms. The van der Waals surface area contributed by atoms with Gasteiger partial charge in [-0.3, -0.25) is 4.79 Å². The van der Waals surface area contributed by atoms with Crippen molar-refractivity contribution in [3.05, 3.63) is 102 Å². The summed E-state index contributed by atoms with van der Waals surface area (Å²) in [4.78, 5) is 16.3. The lowest BCUT2D eigenvalue weighted by Crippen LogP contribution is -2.12. The van der Waals surface area contributed by atoms with Crippen molar-refractivity contribution in [1.29, 1.82) is 0 Å². The van der Waals surface area contributed by atoms with Crippen molar-refractivity contribution in [2.24, 2.45) is 5.92 Å². The summed E-state index contributed by atoms with van der Waals surface area (Å²) in [5, 5.41) is 1.13. The number of pyridine rings is 1. The number of hydrogen-bond donors (Lipinski definition) is 1. The summed E-state index contributed by atoms with van der Waals surface area (Å²) in [6, 6.07) is 20.7. The van der Waals surface area contributed by atoms with Crippen molar-refractivity contribution in [1.82, 2.24) is 11.1 Å². The van der Waals surface area contributed by atoms with Crippen LogP contribution < -0.4 is 6.15 Å². The maximum atomic E-state index is 11.4. The van der Waals surface area contributed by atoms with E-state index in [1.807, 2.05) is 58.0 Å². The topological polar surface area (TPSA) is 74.2 Å². The van der Waals surface area contributed by atoms with Gasteiger partial charge in [0.1, 0.15) is 5.78 Å². The number of para-hydroxylation sites is 1. The van der Waals surface area contributed by atoms with Crippen LogP contribution in [0.25, 0.3) is 22.2 Å². The first-order valence-corrected chi connectivity index (χ1v) is 12.8. The van der Waals surface area contributed by atoms with Crippen molar-refractivity contribution in [3.63, 3.8) is 0 Å². The van der Waals surface area contributed by atoms with Gasteiger partial charge in [-0.05, 0) is 43.0 Å². The molecule has 0 saturated carbocycles. The molecule has 190 valence electrons. The van der Waals surface area contributed by atoms with Gasteiger partial charge in [-0.2, -0.15) is 0 Å². The Kier molecular flexibility index (Phi) is 11.5. The SMILES string of the molecule is CC.CC.CC(=O)[C@H]1C=C1CC1=CCC(OCc2cc(-c3ccccc3)nc3ccccc23)C=C1.N. The number of allylic oxidation sites excluding steroid dienone is 4. The summed E-state index contributed by atoms with van der Waals surface area (Å²) in [5.41, 5.74) is 6.74. The molecule has 5 rings (SSSR count). The fourth-order valence-electron chi connectivity index (χ4n) is 4.17. The van der Waals surface area contributed by atoms with Crippen LogP contribution in [0.2, 0.25) is 0 Å². The number of hydrogen-bond acceptors (Lipinski definition) is 4. The number of Topliss-reactive ketones (excluding diaryl/α,β-unsaturated/α-hetero) is 1. The Morgan fingerprint density at radius 2 is 1.69 bits per heavy atom. The predicted molar refractivity (Wildman–Crippen MR) is 152 cm³/mol. The average molecular weight is 485 g/mol. The van der Waals surface area contributed by atoms with Gasteiger partial charge in [-0.15, -0.1) is 0 Å². The van der Waals surface area contributed by atoms with Crippen molar-refractivity contribution in [2.45, 2.75) is 60.2 Å². The van der Waals surface area contributed by atoms with Crippen LogP contribution in [-0.4, -0.2) is 16.9 Å². The molecule has 2 aromatic carbocycles. The number of fused-ring (bicyclic) bond motifs is 1. The van der Waals surface area contributed by atoms with E-state index >= 15 is 0 Å². The van der Waals surface area contributed by atoms with Crippen LogP contribution in [0.15, 0.2) is 96.1 Å². The van der Waals surface area contributed by atoms with Gasteiger partial charge in [0.15, 0.2) is 0 Å². The molecule has 0 spiro atoms. The highest BCUT2D eigenvalue weighted by atomic mass is 16.5. The Balaban J connectivity index is 0.000000871. The van der Waals surface area contributed by atoms with Crippen molar-refractivity contribution >= 4 is 16.7 Å².